The molecule has 2 atom stereocenters. The number of benzene rings is 1. The van der Waals surface area contributed by atoms with E-state index in [1.807, 2.05) is 0 Å². The summed E-state index contributed by atoms with van der Waals surface area (Å²) in [5.74, 6) is 1.83. The van der Waals surface area contributed by atoms with Crippen molar-refractivity contribution in [3.05, 3.63) is 23.8 Å². The van der Waals surface area contributed by atoms with Gasteiger partial charge in [-0.3, -0.25) is 4.79 Å². The predicted octanol–water partition coefficient (Wildman–Crippen LogP) is 2.84. The summed E-state index contributed by atoms with van der Waals surface area (Å²) in [6.45, 7) is 0. The minimum atomic E-state index is -0.136. The Balaban J connectivity index is 2.17. The Bertz CT molecular complexity index is 478. The molecule has 2 rings (SSSR count). The smallest absolute Gasteiger partial charge is 0.255 e. The van der Waals surface area contributed by atoms with Crippen molar-refractivity contribution < 1.29 is 14.3 Å². The van der Waals surface area contributed by atoms with Gasteiger partial charge in [0.1, 0.15) is 0 Å². The second-order valence-corrected chi connectivity index (χ2v) is 5.27. The fourth-order valence-electron chi connectivity index (χ4n) is 2.72. The van der Waals surface area contributed by atoms with Crippen molar-refractivity contribution in [2.45, 2.75) is 25.3 Å². The van der Waals surface area contributed by atoms with E-state index in [0.717, 1.165) is 19.3 Å². The van der Waals surface area contributed by atoms with E-state index in [1.54, 1.807) is 25.3 Å². The van der Waals surface area contributed by atoms with Crippen LogP contribution in [0.5, 0.6) is 11.5 Å². The maximum Gasteiger partial charge on any atom is 0.255 e. The fraction of sp³-hybridized carbons (Fsp3) is 0.533. The van der Waals surface area contributed by atoms with Gasteiger partial charge in [0.2, 0.25) is 0 Å². The summed E-state index contributed by atoms with van der Waals surface area (Å²) in [4.78, 5) is 12.4. The van der Waals surface area contributed by atoms with Crippen molar-refractivity contribution in [2.75, 3.05) is 20.1 Å². The second kappa shape index (κ2) is 6.84. The largest absolute Gasteiger partial charge is 0.493 e. The SMILES string of the molecule is COc1cccc(C(=O)NC2CCCC2CCl)c1OC. The molecule has 0 heterocycles. The van der Waals surface area contributed by atoms with Crippen LogP contribution in [-0.4, -0.2) is 32.0 Å². The van der Waals surface area contributed by atoms with Gasteiger partial charge in [0.25, 0.3) is 5.91 Å². The third kappa shape index (κ3) is 3.01. The summed E-state index contributed by atoms with van der Waals surface area (Å²) in [5.41, 5.74) is 0.493. The number of alkyl halides is 1. The Kier molecular flexibility index (Phi) is 5.12. The van der Waals surface area contributed by atoms with Gasteiger partial charge < -0.3 is 14.8 Å². The van der Waals surface area contributed by atoms with Crippen LogP contribution in [0.4, 0.5) is 0 Å². The molecule has 1 aromatic rings. The van der Waals surface area contributed by atoms with Crippen molar-refractivity contribution in [1.82, 2.24) is 5.32 Å². The van der Waals surface area contributed by atoms with Gasteiger partial charge in [0.15, 0.2) is 11.5 Å². The van der Waals surface area contributed by atoms with E-state index in [2.05, 4.69) is 5.32 Å². The molecule has 4 nitrogen and oxygen atoms in total. The maximum absolute atomic E-state index is 12.4. The van der Waals surface area contributed by atoms with E-state index in [4.69, 9.17) is 21.1 Å². The molecule has 1 aromatic carbocycles. The zero-order chi connectivity index (χ0) is 14.5. The molecule has 1 amide bonds. The number of hydrogen-bond donors (Lipinski definition) is 1. The number of ether oxygens (including phenoxy) is 2. The molecule has 0 bridgehead atoms. The molecule has 1 aliphatic carbocycles. The van der Waals surface area contributed by atoms with E-state index in [0.29, 0.717) is 28.9 Å². The lowest BCUT2D eigenvalue weighted by Gasteiger charge is -2.20. The Hall–Kier alpha value is -1.42. The molecule has 1 aliphatic rings. The highest BCUT2D eigenvalue weighted by Gasteiger charge is 2.29. The van der Waals surface area contributed by atoms with Crippen molar-refractivity contribution in [3.63, 3.8) is 0 Å². The van der Waals surface area contributed by atoms with E-state index >= 15 is 0 Å². The number of rotatable bonds is 5. The molecule has 1 N–H and O–H groups in total. The lowest BCUT2D eigenvalue weighted by atomic mass is 10.1. The molecule has 0 aromatic heterocycles. The van der Waals surface area contributed by atoms with Gasteiger partial charge in [-0.15, -0.1) is 11.6 Å². The minimum absolute atomic E-state index is 0.136. The van der Waals surface area contributed by atoms with Gasteiger partial charge in [-0.05, 0) is 30.9 Å². The molecule has 5 heteroatoms. The van der Waals surface area contributed by atoms with Crippen LogP contribution in [-0.2, 0) is 0 Å². The molecule has 0 spiro atoms. The highest BCUT2D eigenvalue weighted by atomic mass is 35.5. The van der Waals surface area contributed by atoms with Gasteiger partial charge in [0, 0.05) is 11.9 Å². The van der Waals surface area contributed by atoms with Gasteiger partial charge >= 0.3 is 0 Å². The molecule has 0 radical (unpaired) electrons. The summed E-state index contributed by atoms with van der Waals surface area (Å²) in [5, 5.41) is 3.06. The number of para-hydroxylation sites is 1. The van der Waals surface area contributed by atoms with Crippen LogP contribution in [0.15, 0.2) is 18.2 Å². The summed E-state index contributed by atoms with van der Waals surface area (Å²) in [6, 6.07) is 5.44. The van der Waals surface area contributed by atoms with E-state index < -0.39 is 0 Å². The third-order valence-electron chi connectivity index (χ3n) is 3.82. The Morgan fingerprint density at radius 3 is 2.80 bits per heavy atom. The number of carbonyl (C=O) groups is 1. The van der Waals surface area contributed by atoms with Crippen LogP contribution >= 0.6 is 11.6 Å². The highest BCUT2D eigenvalue weighted by molar-refractivity contribution is 6.18. The van der Waals surface area contributed by atoms with E-state index in [9.17, 15) is 4.79 Å². The molecule has 0 saturated heterocycles. The van der Waals surface area contributed by atoms with Crippen molar-refractivity contribution in [3.8, 4) is 11.5 Å². The minimum Gasteiger partial charge on any atom is -0.493 e. The zero-order valence-electron chi connectivity index (χ0n) is 11.8. The van der Waals surface area contributed by atoms with Crippen LogP contribution < -0.4 is 14.8 Å². The number of amides is 1. The summed E-state index contributed by atoms with van der Waals surface area (Å²) in [7, 11) is 3.09. The first-order valence-electron chi connectivity index (χ1n) is 6.79. The molecule has 0 aliphatic heterocycles. The van der Waals surface area contributed by atoms with Crippen LogP contribution in [0.2, 0.25) is 0 Å². The average Bonchev–Trinajstić information content (AvgIpc) is 2.93. The van der Waals surface area contributed by atoms with Crippen LogP contribution in [0, 0.1) is 5.92 Å². The molecular formula is C15H20ClNO3. The molecule has 2 unspecified atom stereocenters. The average molecular weight is 298 g/mol. The summed E-state index contributed by atoms with van der Waals surface area (Å²) < 4.78 is 10.5. The molecular weight excluding hydrogens is 278 g/mol. The second-order valence-electron chi connectivity index (χ2n) is 4.97. The molecule has 110 valence electrons. The molecule has 20 heavy (non-hydrogen) atoms. The van der Waals surface area contributed by atoms with Crippen LogP contribution in [0.3, 0.4) is 0 Å². The lowest BCUT2D eigenvalue weighted by Crippen LogP contribution is -2.38. The van der Waals surface area contributed by atoms with Crippen molar-refractivity contribution in [2.24, 2.45) is 5.92 Å². The van der Waals surface area contributed by atoms with E-state index in [-0.39, 0.29) is 11.9 Å². The van der Waals surface area contributed by atoms with Gasteiger partial charge in [-0.2, -0.15) is 0 Å². The number of halogens is 1. The first-order chi connectivity index (χ1) is 9.71. The Morgan fingerprint density at radius 1 is 1.35 bits per heavy atom. The fourth-order valence-corrected chi connectivity index (χ4v) is 3.09. The van der Waals surface area contributed by atoms with Gasteiger partial charge in [0.05, 0.1) is 19.8 Å². The Morgan fingerprint density at radius 2 is 2.15 bits per heavy atom. The standard InChI is InChI=1S/C15H20ClNO3/c1-19-13-8-4-6-11(14(13)20-2)15(18)17-12-7-3-5-10(12)9-16/h4,6,8,10,12H,3,5,7,9H2,1-2H3,(H,17,18). The summed E-state index contributed by atoms with van der Waals surface area (Å²) in [6.07, 6.45) is 3.16. The summed E-state index contributed by atoms with van der Waals surface area (Å²) >= 11 is 5.94. The number of methoxy groups -OCH3 is 2. The molecule has 1 saturated carbocycles. The number of nitrogens with one attached hydrogen (secondary N) is 1. The first kappa shape index (κ1) is 15.0. The van der Waals surface area contributed by atoms with Crippen molar-refractivity contribution in [1.29, 1.82) is 0 Å². The van der Waals surface area contributed by atoms with Gasteiger partial charge in [-0.25, -0.2) is 0 Å². The maximum atomic E-state index is 12.4. The van der Waals surface area contributed by atoms with Crippen LogP contribution in [0.25, 0.3) is 0 Å². The lowest BCUT2D eigenvalue weighted by molar-refractivity contribution is 0.0926. The quantitative estimate of drug-likeness (QED) is 0.850. The van der Waals surface area contributed by atoms with Crippen LogP contribution in [0.1, 0.15) is 29.6 Å². The molecule has 1 fully saturated rings. The van der Waals surface area contributed by atoms with Gasteiger partial charge in [-0.1, -0.05) is 12.5 Å². The third-order valence-corrected chi connectivity index (χ3v) is 4.22. The normalized spacial score (nSPS) is 21.6. The topological polar surface area (TPSA) is 47.6 Å². The number of hydrogen-bond acceptors (Lipinski definition) is 3. The number of carbonyl (C=O) groups excluding carboxylic acids is 1. The van der Waals surface area contributed by atoms with E-state index in [1.165, 1.54) is 7.11 Å². The van der Waals surface area contributed by atoms with Crippen molar-refractivity contribution >= 4 is 17.5 Å². The Labute approximate surface area is 124 Å². The zero-order valence-corrected chi connectivity index (χ0v) is 12.6. The monoisotopic (exact) mass is 297 g/mol. The first-order valence-corrected chi connectivity index (χ1v) is 7.32. The predicted molar refractivity (Wildman–Crippen MR) is 78.9 cm³/mol. The highest BCUT2D eigenvalue weighted by Crippen LogP contribution is 2.32.